The van der Waals surface area contributed by atoms with Crippen LogP contribution >= 0.6 is 15.9 Å². The molecule has 1 fully saturated rings. The summed E-state index contributed by atoms with van der Waals surface area (Å²) in [6.07, 6.45) is 3.30. The second-order valence-corrected chi connectivity index (χ2v) is 5.15. The highest BCUT2D eigenvalue weighted by atomic mass is 79.9. The predicted molar refractivity (Wildman–Crippen MR) is 71.0 cm³/mol. The zero-order valence-electron chi connectivity index (χ0n) is 10.5. The average Bonchev–Trinajstić information content (AvgIpc) is 3.09. The van der Waals surface area contributed by atoms with E-state index in [-0.39, 0.29) is 0 Å². The van der Waals surface area contributed by atoms with Crippen LogP contribution in [0, 0.1) is 6.92 Å². The molecule has 5 heteroatoms. The number of methoxy groups -OCH3 is 2. The highest BCUT2D eigenvalue weighted by Crippen LogP contribution is 2.56. The van der Waals surface area contributed by atoms with Crippen LogP contribution in [0.15, 0.2) is 15.5 Å². The van der Waals surface area contributed by atoms with Crippen LogP contribution < -0.4 is 9.47 Å². The normalized spacial score (nSPS) is 15.8. The van der Waals surface area contributed by atoms with Gasteiger partial charge in [0, 0.05) is 5.56 Å². The van der Waals surface area contributed by atoms with Gasteiger partial charge in [0.05, 0.1) is 18.7 Å². The summed E-state index contributed by atoms with van der Waals surface area (Å²) in [5.74, 6) is 1.47. The molecule has 0 aromatic heterocycles. The average molecular weight is 312 g/mol. The molecule has 96 valence electrons. The molecule has 0 radical (unpaired) electrons. The van der Waals surface area contributed by atoms with Crippen LogP contribution in [-0.4, -0.2) is 20.3 Å². The maximum absolute atomic E-state index is 10.6. The lowest BCUT2D eigenvalue weighted by molar-refractivity contribution is 0.389. The number of aryl methyl sites for hydroxylation is 1. The molecule has 1 aromatic rings. The van der Waals surface area contributed by atoms with Crippen molar-refractivity contribution in [2.45, 2.75) is 25.3 Å². The maximum atomic E-state index is 10.6. The van der Waals surface area contributed by atoms with Gasteiger partial charge < -0.3 is 9.47 Å². The van der Waals surface area contributed by atoms with Crippen molar-refractivity contribution < 1.29 is 14.3 Å². The van der Waals surface area contributed by atoms with Crippen LogP contribution in [0.5, 0.6) is 11.5 Å². The van der Waals surface area contributed by atoms with Gasteiger partial charge in [-0.25, -0.2) is 4.79 Å². The summed E-state index contributed by atoms with van der Waals surface area (Å²) in [6.45, 7) is 1.94. The first-order valence-corrected chi connectivity index (χ1v) is 6.39. The Kier molecular flexibility index (Phi) is 3.46. The first kappa shape index (κ1) is 13.1. The summed E-state index contributed by atoms with van der Waals surface area (Å²) in [6, 6.07) is 1.90. The van der Waals surface area contributed by atoms with Crippen LogP contribution in [-0.2, 0) is 10.3 Å². The first-order valence-electron chi connectivity index (χ1n) is 5.60. The number of ether oxygens (including phenoxy) is 2. The van der Waals surface area contributed by atoms with E-state index in [0.717, 1.165) is 39.9 Å². The minimum absolute atomic E-state index is 0.493. The molecule has 0 unspecified atom stereocenters. The van der Waals surface area contributed by atoms with Gasteiger partial charge in [-0.05, 0) is 47.3 Å². The Morgan fingerprint density at radius 2 is 2.06 bits per heavy atom. The zero-order chi connectivity index (χ0) is 13.3. The highest BCUT2D eigenvalue weighted by Gasteiger charge is 2.49. The summed E-state index contributed by atoms with van der Waals surface area (Å²) in [4.78, 5) is 14.5. The predicted octanol–water partition coefficient (Wildman–Crippen LogP) is 3.10. The molecule has 0 atom stereocenters. The molecule has 0 bridgehead atoms. The fourth-order valence-electron chi connectivity index (χ4n) is 2.20. The third kappa shape index (κ3) is 1.93. The Balaban J connectivity index is 2.69. The van der Waals surface area contributed by atoms with Crippen LogP contribution in [0.3, 0.4) is 0 Å². The third-order valence-electron chi connectivity index (χ3n) is 3.24. The number of halogens is 1. The van der Waals surface area contributed by atoms with E-state index in [1.807, 2.05) is 13.0 Å². The number of hydrogen-bond donors (Lipinski definition) is 0. The van der Waals surface area contributed by atoms with Crippen molar-refractivity contribution >= 4 is 22.0 Å². The van der Waals surface area contributed by atoms with Crippen molar-refractivity contribution in [3.63, 3.8) is 0 Å². The number of carbonyl (C=O) groups excluding carboxylic acids is 1. The topological polar surface area (TPSA) is 47.9 Å². The van der Waals surface area contributed by atoms with E-state index in [9.17, 15) is 4.79 Å². The Morgan fingerprint density at radius 1 is 1.39 bits per heavy atom. The molecule has 0 aliphatic heterocycles. The SMILES string of the molecule is COc1cc(C)c(OC)c(Br)c1C1(N=C=O)CC1. The lowest BCUT2D eigenvalue weighted by Crippen LogP contribution is -2.08. The zero-order valence-corrected chi connectivity index (χ0v) is 12.1. The van der Waals surface area contributed by atoms with Gasteiger partial charge in [-0.15, -0.1) is 0 Å². The molecular formula is C13H14BrNO3. The fourth-order valence-corrected chi connectivity index (χ4v) is 3.24. The molecule has 1 saturated carbocycles. The number of hydrogen-bond acceptors (Lipinski definition) is 4. The van der Waals surface area contributed by atoms with E-state index in [1.165, 1.54) is 0 Å². The maximum Gasteiger partial charge on any atom is 0.235 e. The number of benzene rings is 1. The summed E-state index contributed by atoms with van der Waals surface area (Å²) < 4.78 is 11.6. The van der Waals surface area contributed by atoms with E-state index in [4.69, 9.17) is 9.47 Å². The van der Waals surface area contributed by atoms with Crippen LogP contribution in [0.25, 0.3) is 0 Å². The number of nitrogens with zero attached hydrogens (tertiary/aromatic N) is 1. The van der Waals surface area contributed by atoms with Crippen molar-refractivity contribution in [1.82, 2.24) is 0 Å². The number of isocyanates is 1. The van der Waals surface area contributed by atoms with Crippen LogP contribution in [0.4, 0.5) is 0 Å². The fraction of sp³-hybridized carbons (Fsp3) is 0.462. The van der Waals surface area contributed by atoms with Crippen LogP contribution in [0.1, 0.15) is 24.0 Å². The Bertz CT molecular complexity index is 532. The standard InChI is InChI=1S/C13H14BrNO3/c1-8-6-9(17-2)10(11(14)12(8)18-3)13(4-5-13)15-7-16/h6H,4-5H2,1-3H3. The molecule has 18 heavy (non-hydrogen) atoms. The van der Waals surface area contributed by atoms with Gasteiger partial charge in [0.25, 0.3) is 0 Å². The molecular weight excluding hydrogens is 298 g/mol. The third-order valence-corrected chi connectivity index (χ3v) is 4.00. The Morgan fingerprint density at radius 3 is 2.50 bits per heavy atom. The Hall–Kier alpha value is -1.32. The van der Waals surface area contributed by atoms with Crippen molar-refractivity contribution in [3.8, 4) is 11.5 Å². The second-order valence-electron chi connectivity index (χ2n) is 4.35. The monoisotopic (exact) mass is 311 g/mol. The van der Waals surface area contributed by atoms with Gasteiger partial charge in [0.2, 0.25) is 6.08 Å². The van der Waals surface area contributed by atoms with Crippen molar-refractivity contribution in [2.24, 2.45) is 4.99 Å². The van der Waals surface area contributed by atoms with Crippen LogP contribution in [0.2, 0.25) is 0 Å². The van der Waals surface area contributed by atoms with Gasteiger partial charge in [0.1, 0.15) is 17.0 Å². The second kappa shape index (κ2) is 4.75. The molecule has 0 spiro atoms. The molecule has 4 nitrogen and oxygen atoms in total. The first-order chi connectivity index (χ1) is 8.59. The van der Waals surface area contributed by atoms with Crippen molar-refractivity contribution in [1.29, 1.82) is 0 Å². The van der Waals surface area contributed by atoms with Gasteiger partial charge in [-0.1, -0.05) is 0 Å². The van der Waals surface area contributed by atoms with E-state index < -0.39 is 5.54 Å². The summed E-state index contributed by atoms with van der Waals surface area (Å²) in [5, 5.41) is 0. The van der Waals surface area contributed by atoms with Gasteiger partial charge in [-0.3, -0.25) is 0 Å². The molecule has 1 aliphatic carbocycles. The van der Waals surface area contributed by atoms with E-state index >= 15 is 0 Å². The lowest BCUT2D eigenvalue weighted by atomic mass is 10.0. The lowest BCUT2D eigenvalue weighted by Gasteiger charge is -2.19. The highest BCUT2D eigenvalue weighted by molar-refractivity contribution is 9.10. The molecule has 0 saturated heterocycles. The van der Waals surface area contributed by atoms with E-state index in [2.05, 4.69) is 20.9 Å². The van der Waals surface area contributed by atoms with Gasteiger partial charge in [-0.2, -0.15) is 4.99 Å². The van der Waals surface area contributed by atoms with E-state index in [0.29, 0.717) is 0 Å². The minimum Gasteiger partial charge on any atom is -0.496 e. The largest absolute Gasteiger partial charge is 0.496 e. The quantitative estimate of drug-likeness (QED) is 0.634. The molecule has 1 aromatic carbocycles. The summed E-state index contributed by atoms with van der Waals surface area (Å²) in [5.41, 5.74) is 1.35. The number of rotatable bonds is 4. The molecule has 0 heterocycles. The van der Waals surface area contributed by atoms with Crippen molar-refractivity contribution in [2.75, 3.05) is 14.2 Å². The molecule has 0 N–H and O–H groups in total. The summed E-state index contributed by atoms with van der Waals surface area (Å²) in [7, 11) is 3.23. The smallest absolute Gasteiger partial charge is 0.235 e. The van der Waals surface area contributed by atoms with E-state index in [1.54, 1.807) is 20.3 Å². The van der Waals surface area contributed by atoms with Gasteiger partial charge in [0.15, 0.2) is 0 Å². The minimum atomic E-state index is -0.493. The van der Waals surface area contributed by atoms with Crippen molar-refractivity contribution in [3.05, 3.63) is 21.7 Å². The summed E-state index contributed by atoms with van der Waals surface area (Å²) >= 11 is 3.53. The Labute approximate surface area is 114 Å². The number of aliphatic imine (C=N–C) groups is 1. The molecule has 1 aliphatic rings. The molecule has 0 amide bonds. The molecule has 2 rings (SSSR count). The van der Waals surface area contributed by atoms with Gasteiger partial charge >= 0.3 is 0 Å².